The molecule has 0 spiro atoms. The lowest BCUT2D eigenvalue weighted by atomic mass is 9.91. The highest BCUT2D eigenvalue weighted by Gasteiger charge is 2.30. The summed E-state index contributed by atoms with van der Waals surface area (Å²) in [4.78, 5) is 0. The van der Waals surface area contributed by atoms with Crippen LogP contribution < -0.4 is 5.32 Å². The summed E-state index contributed by atoms with van der Waals surface area (Å²) in [6.45, 7) is 2.19. The van der Waals surface area contributed by atoms with Crippen molar-refractivity contribution in [2.24, 2.45) is 0 Å². The van der Waals surface area contributed by atoms with Gasteiger partial charge >= 0.3 is 0 Å². The van der Waals surface area contributed by atoms with Gasteiger partial charge in [-0.15, -0.1) is 0 Å². The lowest BCUT2D eigenvalue weighted by Crippen LogP contribution is -2.39. The van der Waals surface area contributed by atoms with Gasteiger partial charge in [-0.2, -0.15) is 0 Å². The lowest BCUT2D eigenvalue weighted by Gasteiger charge is -2.27. The van der Waals surface area contributed by atoms with Gasteiger partial charge in [-0.1, -0.05) is 24.5 Å². The number of likely N-dealkylation sites (N-methyl/N-ethyl adjacent to an activating group) is 1. The Kier molecular flexibility index (Phi) is 5.05. The predicted molar refractivity (Wildman–Crippen MR) is 72.2 cm³/mol. The van der Waals surface area contributed by atoms with E-state index in [1.54, 1.807) is 5.57 Å². The largest absolute Gasteiger partial charge is 0.373 e. The van der Waals surface area contributed by atoms with E-state index < -0.39 is 0 Å². The molecule has 1 aliphatic carbocycles. The normalized spacial score (nSPS) is 32.7. The quantitative estimate of drug-likeness (QED) is 0.759. The van der Waals surface area contributed by atoms with Gasteiger partial charge in [-0.05, 0) is 52.5 Å². The Balaban J connectivity index is 2.00. The molecule has 0 amide bonds. The van der Waals surface area contributed by atoms with E-state index in [0.717, 1.165) is 0 Å². The molecule has 0 radical (unpaired) electrons. The van der Waals surface area contributed by atoms with Crippen molar-refractivity contribution < 1.29 is 4.74 Å². The summed E-state index contributed by atoms with van der Waals surface area (Å²) in [5.74, 6) is 0. The van der Waals surface area contributed by atoms with E-state index >= 15 is 0 Å². The lowest BCUT2D eigenvalue weighted by molar-refractivity contribution is 0.0403. The molecule has 2 heteroatoms. The molecule has 1 N–H and O–H groups in total. The van der Waals surface area contributed by atoms with Crippen LogP contribution in [0.4, 0.5) is 0 Å². The molecule has 1 fully saturated rings. The molecule has 0 saturated carbocycles. The van der Waals surface area contributed by atoms with Crippen LogP contribution in [-0.2, 0) is 4.74 Å². The van der Waals surface area contributed by atoms with Gasteiger partial charge in [0.15, 0.2) is 0 Å². The first-order chi connectivity index (χ1) is 8.31. The first kappa shape index (κ1) is 13.1. The van der Waals surface area contributed by atoms with E-state index in [2.05, 4.69) is 25.4 Å². The molecule has 0 aromatic rings. The molecule has 3 atom stereocenters. The molecule has 17 heavy (non-hydrogen) atoms. The summed E-state index contributed by atoms with van der Waals surface area (Å²) < 4.78 is 6.04. The minimum Gasteiger partial charge on any atom is -0.373 e. The van der Waals surface area contributed by atoms with Crippen molar-refractivity contribution in [1.82, 2.24) is 5.32 Å². The van der Waals surface area contributed by atoms with Crippen molar-refractivity contribution in [3.05, 3.63) is 11.6 Å². The monoisotopic (exact) mass is 237 g/mol. The minimum atomic E-state index is 0.403. The average molecular weight is 237 g/mol. The van der Waals surface area contributed by atoms with Gasteiger partial charge in [0.25, 0.3) is 0 Å². The summed E-state index contributed by atoms with van der Waals surface area (Å²) in [5, 5.41) is 3.49. The number of rotatable bonds is 3. The summed E-state index contributed by atoms with van der Waals surface area (Å²) in [7, 11) is 2.08. The summed E-state index contributed by atoms with van der Waals surface area (Å²) >= 11 is 0. The molecular weight excluding hydrogens is 210 g/mol. The Labute approximate surface area is 106 Å². The van der Waals surface area contributed by atoms with Gasteiger partial charge < -0.3 is 10.1 Å². The van der Waals surface area contributed by atoms with Gasteiger partial charge in [0, 0.05) is 0 Å². The van der Waals surface area contributed by atoms with Crippen LogP contribution in [0.2, 0.25) is 0 Å². The number of hydrogen-bond acceptors (Lipinski definition) is 2. The fraction of sp³-hybridized carbons (Fsp3) is 0.867. The van der Waals surface area contributed by atoms with E-state index in [1.807, 2.05) is 0 Å². The van der Waals surface area contributed by atoms with Crippen LogP contribution in [0, 0.1) is 0 Å². The summed E-state index contributed by atoms with van der Waals surface area (Å²) in [5.41, 5.74) is 1.60. The van der Waals surface area contributed by atoms with Crippen LogP contribution in [0.3, 0.4) is 0 Å². The molecule has 1 heterocycles. The predicted octanol–water partition coefficient (Wildman–Crippen LogP) is 3.42. The molecule has 0 aromatic heterocycles. The van der Waals surface area contributed by atoms with Gasteiger partial charge in [0.05, 0.1) is 18.2 Å². The van der Waals surface area contributed by atoms with Gasteiger partial charge in [0.1, 0.15) is 0 Å². The fourth-order valence-corrected chi connectivity index (χ4v) is 3.19. The number of ether oxygens (including phenoxy) is 1. The Hall–Kier alpha value is -0.340. The van der Waals surface area contributed by atoms with Crippen LogP contribution in [0.5, 0.6) is 0 Å². The van der Waals surface area contributed by atoms with E-state index in [1.165, 1.54) is 51.4 Å². The second-order valence-corrected chi connectivity index (χ2v) is 5.56. The smallest absolute Gasteiger partial charge is 0.0770 e. The topological polar surface area (TPSA) is 21.3 Å². The molecule has 0 bridgehead atoms. The highest BCUT2D eigenvalue weighted by atomic mass is 16.5. The van der Waals surface area contributed by atoms with Crippen molar-refractivity contribution in [2.75, 3.05) is 7.05 Å². The second kappa shape index (κ2) is 6.55. The maximum absolute atomic E-state index is 6.04. The van der Waals surface area contributed by atoms with Gasteiger partial charge in [-0.3, -0.25) is 0 Å². The standard InChI is InChI=1S/C15H27NO/c1-12-10-11-14(17-12)15(16-2)13-8-6-4-3-5-7-9-13/h8,12,14-16H,3-7,9-11H2,1-2H3. The Morgan fingerprint density at radius 2 is 2.06 bits per heavy atom. The highest BCUT2D eigenvalue weighted by Crippen LogP contribution is 2.28. The molecule has 1 saturated heterocycles. The summed E-state index contributed by atoms with van der Waals surface area (Å²) in [6.07, 6.45) is 13.8. The SMILES string of the molecule is CNC(C1=CCCCCCC1)C1CCC(C)O1. The Morgan fingerprint density at radius 3 is 2.76 bits per heavy atom. The van der Waals surface area contributed by atoms with E-state index in [0.29, 0.717) is 18.2 Å². The summed E-state index contributed by atoms with van der Waals surface area (Å²) in [6, 6.07) is 0.457. The maximum Gasteiger partial charge on any atom is 0.0770 e. The zero-order valence-corrected chi connectivity index (χ0v) is 11.4. The van der Waals surface area contributed by atoms with Crippen LogP contribution in [0.1, 0.15) is 58.3 Å². The van der Waals surface area contributed by atoms with Crippen molar-refractivity contribution >= 4 is 0 Å². The maximum atomic E-state index is 6.04. The van der Waals surface area contributed by atoms with E-state index in [9.17, 15) is 0 Å². The number of nitrogens with one attached hydrogen (secondary N) is 1. The van der Waals surface area contributed by atoms with Crippen molar-refractivity contribution in [3.63, 3.8) is 0 Å². The zero-order chi connectivity index (χ0) is 12.1. The number of hydrogen-bond donors (Lipinski definition) is 1. The van der Waals surface area contributed by atoms with Crippen molar-refractivity contribution in [3.8, 4) is 0 Å². The van der Waals surface area contributed by atoms with Crippen LogP contribution in [0.25, 0.3) is 0 Å². The van der Waals surface area contributed by atoms with Gasteiger partial charge in [-0.25, -0.2) is 0 Å². The average Bonchev–Trinajstić information content (AvgIpc) is 2.68. The first-order valence-electron chi connectivity index (χ1n) is 7.33. The third-order valence-electron chi connectivity index (χ3n) is 4.17. The molecule has 2 rings (SSSR count). The first-order valence-corrected chi connectivity index (χ1v) is 7.33. The number of allylic oxidation sites excluding steroid dienone is 1. The third-order valence-corrected chi connectivity index (χ3v) is 4.17. The van der Waals surface area contributed by atoms with Crippen molar-refractivity contribution in [2.45, 2.75) is 76.5 Å². The third kappa shape index (κ3) is 3.56. The Morgan fingerprint density at radius 1 is 1.24 bits per heavy atom. The van der Waals surface area contributed by atoms with Gasteiger partial charge in [0.2, 0.25) is 0 Å². The second-order valence-electron chi connectivity index (χ2n) is 5.56. The molecule has 3 unspecified atom stereocenters. The van der Waals surface area contributed by atoms with Crippen LogP contribution >= 0.6 is 0 Å². The molecule has 98 valence electrons. The molecule has 1 aliphatic heterocycles. The molecule has 2 aliphatic rings. The van der Waals surface area contributed by atoms with E-state index in [-0.39, 0.29) is 0 Å². The molecular formula is C15H27NO. The van der Waals surface area contributed by atoms with Crippen LogP contribution in [-0.4, -0.2) is 25.3 Å². The molecule has 0 aromatic carbocycles. The minimum absolute atomic E-state index is 0.403. The van der Waals surface area contributed by atoms with Crippen LogP contribution in [0.15, 0.2) is 11.6 Å². The van der Waals surface area contributed by atoms with E-state index in [4.69, 9.17) is 4.74 Å². The highest BCUT2D eigenvalue weighted by molar-refractivity contribution is 5.14. The molecule has 2 nitrogen and oxygen atoms in total. The fourth-order valence-electron chi connectivity index (χ4n) is 3.19. The Bertz CT molecular complexity index is 262. The zero-order valence-electron chi connectivity index (χ0n) is 11.4. The van der Waals surface area contributed by atoms with Crippen molar-refractivity contribution in [1.29, 1.82) is 0 Å².